The fourth-order valence-electron chi connectivity index (χ4n) is 2.42. The summed E-state index contributed by atoms with van der Waals surface area (Å²) in [5, 5.41) is 8.22. The first-order valence-corrected chi connectivity index (χ1v) is 9.28. The van der Waals surface area contributed by atoms with Gasteiger partial charge in [0.05, 0.1) is 11.6 Å². The summed E-state index contributed by atoms with van der Waals surface area (Å²) in [4.78, 5) is 13.6. The van der Waals surface area contributed by atoms with E-state index in [-0.39, 0.29) is 22.9 Å². The van der Waals surface area contributed by atoms with Gasteiger partial charge < -0.3 is 15.4 Å². The summed E-state index contributed by atoms with van der Waals surface area (Å²) in [7, 11) is 1.66. The van der Waals surface area contributed by atoms with E-state index in [1.807, 2.05) is 18.4 Å². The van der Waals surface area contributed by atoms with Crippen molar-refractivity contribution in [2.45, 2.75) is 19.4 Å². The van der Waals surface area contributed by atoms with Gasteiger partial charge in [-0.1, -0.05) is 24.6 Å². The normalized spacial score (nSPS) is 13.4. The summed E-state index contributed by atoms with van der Waals surface area (Å²) in [6, 6.07) is 8.28. The van der Waals surface area contributed by atoms with E-state index in [4.69, 9.17) is 16.3 Å². The van der Waals surface area contributed by atoms with Crippen LogP contribution in [0.2, 0.25) is 5.02 Å². The fraction of sp³-hybridized carbons (Fsp3) is 0.389. The highest BCUT2D eigenvalue weighted by atomic mass is 35.5. The standard InChI is InChI=1S/C18H22ClFN2O2S/c1-12(18(23)22-13-5-6-15(20)14(19)11-13)10-16(21-7-8-24-2)17-4-3-9-25-17/h3-6,9,11-12,16,21H,7-8,10H2,1-2H3,(H,22,23). The van der Waals surface area contributed by atoms with Gasteiger partial charge in [-0.25, -0.2) is 4.39 Å². The minimum absolute atomic E-state index is 0.0110. The molecule has 7 heteroatoms. The van der Waals surface area contributed by atoms with E-state index in [1.54, 1.807) is 18.4 Å². The molecule has 4 nitrogen and oxygen atoms in total. The molecule has 0 radical (unpaired) electrons. The Kier molecular flexibility index (Phi) is 7.84. The average Bonchev–Trinajstić information content (AvgIpc) is 3.11. The quantitative estimate of drug-likeness (QED) is 0.626. The maximum Gasteiger partial charge on any atom is 0.227 e. The summed E-state index contributed by atoms with van der Waals surface area (Å²) in [5.74, 6) is -0.864. The number of ether oxygens (including phenoxy) is 1. The van der Waals surface area contributed by atoms with E-state index in [1.165, 1.54) is 23.1 Å². The summed E-state index contributed by atoms with van der Waals surface area (Å²) in [5.41, 5.74) is 0.489. The first-order chi connectivity index (χ1) is 12.0. The second-order valence-corrected chi connectivity index (χ2v) is 7.16. The van der Waals surface area contributed by atoms with Crippen molar-refractivity contribution in [2.75, 3.05) is 25.6 Å². The number of carbonyl (C=O) groups is 1. The Bertz CT molecular complexity index is 682. The third kappa shape index (κ3) is 6.08. The predicted octanol–water partition coefficient (Wildman–Crippen LogP) is 4.48. The van der Waals surface area contributed by atoms with Crippen LogP contribution in [0.4, 0.5) is 10.1 Å². The number of hydrogen-bond donors (Lipinski definition) is 2. The number of nitrogens with one attached hydrogen (secondary N) is 2. The maximum absolute atomic E-state index is 13.2. The van der Waals surface area contributed by atoms with Gasteiger partial charge in [0.1, 0.15) is 5.82 Å². The van der Waals surface area contributed by atoms with E-state index >= 15 is 0 Å². The summed E-state index contributed by atoms with van der Waals surface area (Å²) >= 11 is 7.41. The van der Waals surface area contributed by atoms with Crippen LogP contribution in [0.1, 0.15) is 24.3 Å². The molecule has 136 valence electrons. The Morgan fingerprint density at radius 3 is 2.84 bits per heavy atom. The van der Waals surface area contributed by atoms with Crippen molar-refractivity contribution < 1.29 is 13.9 Å². The number of rotatable bonds is 9. The Morgan fingerprint density at radius 1 is 1.40 bits per heavy atom. The van der Waals surface area contributed by atoms with Crippen LogP contribution >= 0.6 is 22.9 Å². The zero-order chi connectivity index (χ0) is 18.2. The van der Waals surface area contributed by atoms with Crippen molar-refractivity contribution in [3.05, 3.63) is 51.4 Å². The van der Waals surface area contributed by atoms with Crippen molar-refractivity contribution in [1.29, 1.82) is 0 Å². The van der Waals surface area contributed by atoms with E-state index in [0.717, 1.165) is 0 Å². The molecule has 2 atom stereocenters. The molecule has 0 aliphatic heterocycles. The molecule has 0 saturated heterocycles. The van der Waals surface area contributed by atoms with Crippen molar-refractivity contribution in [3.8, 4) is 0 Å². The first-order valence-electron chi connectivity index (χ1n) is 8.03. The molecule has 0 bridgehead atoms. The summed E-state index contributed by atoms with van der Waals surface area (Å²) < 4.78 is 18.3. The van der Waals surface area contributed by atoms with Gasteiger partial charge in [0.25, 0.3) is 0 Å². The highest BCUT2D eigenvalue weighted by Gasteiger charge is 2.21. The third-order valence-corrected chi connectivity index (χ3v) is 5.08. The van der Waals surface area contributed by atoms with Crippen molar-refractivity contribution in [1.82, 2.24) is 5.32 Å². The average molecular weight is 385 g/mol. The number of amides is 1. The lowest BCUT2D eigenvalue weighted by atomic mass is 9.99. The molecule has 2 aromatic rings. The lowest BCUT2D eigenvalue weighted by molar-refractivity contribution is -0.119. The Morgan fingerprint density at radius 2 is 2.20 bits per heavy atom. The maximum atomic E-state index is 13.2. The van der Waals surface area contributed by atoms with Crippen LogP contribution in [0, 0.1) is 11.7 Å². The molecule has 1 amide bonds. The predicted molar refractivity (Wildman–Crippen MR) is 101 cm³/mol. The van der Waals surface area contributed by atoms with Gasteiger partial charge in [0.15, 0.2) is 0 Å². The van der Waals surface area contributed by atoms with E-state index in [2.05, 4.69) is 16.7 Å². The molecule has 2 unspecified atom stereocenters. The minimum atomic E-state index is -0.507. The SMILES string of the molecule is COCCNC(CC(C)C(=O)Nc1ccc(F)c(Cl)c1)c1cccs1. The van der Waals surface area contributed by atoms with Gasteiger partial charge in [-0.2, -0.15) is 0 Å². The summed E-state index contributed by atoms with van der Waals surface area (Å²) in [6.45, 7) is 3.19. The monoisotopic (exact) mass is 384 g/mol. The second-order valence-electron chi connectivity index (χ2n) is 5.77. The lowest BCUT2D eigenvalue weighted by Crippen LogP contribution is -2.29. The van der Waals surface area contributed by atoms with Crippen molar-refractivity contribution >= 4 is 34.5 Å². The van der Waals surface area contributed by atoms with Gasteiger partial charge in [0.2, 0.25) is 5.91 Å². The van der Waals surface area contributed by atoms with Gasteiger partial charge in [-0.15, -0.1) is 11.3 Å². The number of thiophene rings is 1. The Balaban J connectivity index is 1.97. The van der Waals surface area contributed by atoms with Gasteiger partial charge in [-0.3, -0.25) is 4.79 Å². The highest BCUT2D eigenvalue weighted by Crippen LogP contribution is 2.26. The number of anilines is 1. The van der Waals surface area contributed by atoms with Crippen LogP contribution in [0.25, 0.3) is 0 Å². The van der Waals surface area contributed by atoms with Crippen LogP contribution in [0.3, 0.4) is 0 Å². The van der Waals surface area contributed by atoms with Gasteiger partial charge in [-0.05, 0) is 36.1 Å². The van der Waals surface area contributed by atoms with E-state index in [0.29, 0.717) is 25.3 Å². The molecule has 2 rings (SSSR count). The smallest absolute Gasteiger partial charge is 0.227 e. The minimum Gasteiger partial charge on any atom is -0.383 e. The van der Waals surface area contributed by atoms with Crippen molar-refractivity contribution in [3.63, 3.8) is 0 Å². The molecule has 0 aliphatic rings. The Hall–Kier alpha value is -1.47. The molecule has 0 fully saturated rings. The summed E-state index contributed by atoms with van der Waals surface area (Å²) in [6.07, 6.45) is 0.644. The number of halogens is 2. The number of methoxy groups -OCH3 is 1. The molecular weight excluding hydrogens is 363 g/mol. The van der Waals surface area contributed by atoms with E-state index < -0.39 is 5.82 Å². The zero-order valence-corrected chi connectivity index (χ0v) is 15.8. The first kappa shape index (κ1) is 19.8. The lowest BCUT2D eigenvalue weighted by Gasteiger charge is -2.21. The molecule has 1 aromatic heterocycles. The van der Waals surface area contributed by atoms with E-state index in [9.17, 15) is 9.18 Å². The molecule has 0 aliphatic carbocycles. The molecular formula is C18H22ClFN2O2S. The van der Waals surface area contributed by atoms with Crippen LogP contribution in [0.5, 0.6) is 0 Å². The Labute approximate surface area is 156 Å². The molecule has 2 N–H and O–H groups in total. The fourth-order valence-corrected chi connectivity index (χ4v) is 3.42. The van der Waals surface area contributed by atoms with Crippen molar-refractivity contribution in [2.24, 2.45) is 5.92 Å². The topological polar surface area (TPSA) is 50.4 Å². The molecule has 25 heavy (non-hydrogen) atoms. The molecule has 1 heterocycles. The molecule has 1 aromatic carbocycles. The van der Waals surface area contributed by atoms with Crippen LogP contribution in [0.15, 0.2) is 35.7 Å². The number of carbonyl (C=O) groups excluding carboxylic acids is 1. The third-order valence-electron chi connectivity index (χ3n) is 3.81. The van der Waals surface area contributed by atoms with Gasteiger partial charge in [0, 0.05) is 36.2 Å². The van der Waals surface area contributed by atoms with Crippen LogP contribution in [-0.2, 0) is 9.53 Å². The number of hydrogen-bond acceptors (Lipinski definition) is 4. The number of benzene rings is 1. The molecule has 0 saturated carbocycles. The van der Waals surface area contributed by atoms with Crippen LogP contribution in [-0.4, -0.2) is 26.2 Å². The second kappa shape index (κ2) is 9.87. The van der Waals surface area contributed by atoms with Crippen LogP contribution < -0.4 is 10.6 Å². The zero-order valence-electron chi connectivity index (χ0n) is 14.2. The van der Waals surface area contributed by atoms with Gasteiger partial charge >= 0.3 is 0 Å². The molecule has 0 spiro atoms. The highest BCUT2D eigenvalue weighted by molar-refractivity contribution is 7.10. The largest absolute Gasteiger partial charge is 0.383 e.